The van der Waals surface area contributed by atoms with Crippen molar-refractivity contribution in [1.82, 2.24) is 0 Å². The van der Waals surface area contributed by atoms with Gasteiger partial charge in [-0.25, -0.2) is 0 Å². The molecule has 210 valence electrons. The molecule has 0 bridgehead atoms. The topological polar surface area (TPSA) is 0 Å². The predicted octanol–water partition coefficient (Wildman–Crippen LogP) is 7.59. The fraction of sp³-hybridized carbons (Fsp3) is 0.167. The van der Waals surface area contributed by atoms with Gasteiger partial charge in [0, 0.05) is 8.86 Å². The molecular weight excluding hydrogens is 940 g/mol. The molecule has 4 aromatic rings. The summed E-state index contributed by atoms with van der Waals surface area (Å²) >= 11 is 6.91. The second kappa shape index (κ2) is 33.7. The number of benzene rings is 4. The number of hydrogen-bond donors (Lipinski definition) is 0. The summed E-state index contributed by atoms with van der Waals surface area (Å²) in [5.74, 6) is 9.73. The van der Waals surface area contributed by atoms with Gasteiger partial charge in [0.15, 0.2) is 0 Å². The average Bonchev–Trinajstić information content (AvgIpc) is 3.03. The van der Waals surface area contributed by atoms with E-state index < -0.39 is 0 Å². The van der Waals surface area contributed by atoms with Crippen LogP contribution in [-0.4, -0.2) is 9.86 Å². The normalized spacial score (nSPS) is 7.85. The molecule has 0 amide bonds. The van der Waals surface area contributed by atoms with Crippen molar-refractivity contribution in [2.75, 3.05) is 9.86 Å². The second-order valence-electron chi connectivity index (χ2n) is 7.35. The zero-order valence-electron chi connectivity index (χ0n) is 23.6. The van der Waals surface area contributed by atoms with Crippen molar-refractivity contribution >= 4 is 67.8 Å². The fourth-order valence-corrected chi connectivity index (χ4v) is 3.76. The van der Waals surface area contributed by atoms with Gasteiger partial charge in [0.25, 0.3) is 0 Å². The summed E-state index contributed by atoms with van der Waals surface area (Å²) in [4.78, 5) is 4.04. The van der Waals surface area contributed by atoms with E-state index in [0.717, 1.165) is 8.86 Å². The summed E-state index contributed by atoms with van der Waals surface area (Å²) in [5, 5.41) is 0. The number of terminal acetylenes is 1. The van der Waals surface area contributed by atoms with Crippen molar-refractivity contribution < 1.29 is 21.2 Å². The van der Waals surface area contributed by atoms with Gasteiger partial charge in [-0.1, -0.05) is 200 Å². The third kappa shape index (κ3) is 29.5. The number of rotatable bonds is 2. The van der Waals surface area contributed by atoms with E-state index in [1.807, 2.05) is 53.5 Å². The van der Waals surface area contributed by atoms with Gasteiger partial charge in [-0.15, -0.1) is 0 Å². The van der Waals surface area contributed by atoms with Crippen LogP contribution in [0.4, 0.5) is 0 Å². The Bertz CT molecular complexity index is 1150. The van der Waals surface area contributed by atoms with Crippen LogP contribution in [0, 0.1) is 47.9 Å². The molecule has 0 aliphatic carbocycles. The number of aryl methyl sites for hydroxylation is 2. The van der Waals surface area contributed by atoms with E-state index in [1.165, 1.54) is 22.3 Å². The van der Waals surface area contributed by atoms with Crippen LogP contribution in [0.2, 0.25) is 0 Å². The van der Waals surface area contributed by atoms with Crippen LogP contribution in [0.1, 0.15) is 22.3 Å². The van der Waals surface area contributed by atoms with Crippen LogP contribution in [0.15, 0.2) is 121 Å². The Hall–Kier alpha value is -1.52. The molecule has 0 aliphatic heterocycles. The third-order valence-corrected chi connectivity index (χ3v) is 6.78. The standard InChI is InChI=1S/2C7H7I.C7H4I.2C7H8.CH3I/c2*8-6-7-4-2-1-3-5-7;1-3-4-5-6-7-8-2;2*1-7-5-3-2-4-6-7;1-2/h2*1-5H,6H2;1H,2H3;2*2-6H,1H3;1H3/q;;-1;;;. The summed E-state index contributed by atoms with van der Waals surface area (Å²) in [6.45, 7) is 4.17. The van der Waals surface area contributed by atoms with Gasteiger partial charge in [0.2, 0.25) is 0 Å². The SMILES string of the molecule is C#CC#CC#C[I-]C.CI.Cc1ccccc1.Cc1ccccc1.ICc1ccccc1.ICc1ccccc1. The molecule has 40 heavy (non-hydrogen) atoms. The van der Waals surface area contributed by atoms with Crippen molar-refractivity contribution in [1.29, 1.82) is 0 Å². The summed E-state index contributed by atoms with van der Waals surface area (Å²) in [5.41, 5.74) is 5.44. The molecule has 0 aromatic heterocycles. The molecule has 0 N–H and O–H groups in total. The minimum atomic E-state index is 0.0574. The molecule has 0 atom stereocenters. The van der Waals surface area contributed by atoms with Gasteiger partial charge < -0.3 is 0 Å². The quantitative estimate of drug-likeness (QED) is 0.111. The van der Waals surface area contributed by atoms with E-state index in [2.05, 4.69) is 187 Å². The van der Waals surface area contributed by atoms with Crippen molar-refractivity contribution in [3.05, 3.63) is 144 Å². The van der Waals surface area contributed by atoms with E-state index in [1.54, 1.807) is 0 Å². The molecule has 0 nitrogen and oxygen atoms in total. The van der Waals surface area contributed by atoms with Crippen LogP contribution < -0.4 is 21.2 Å². The first-order valence-electron chi connectivity index (χ1n) is 12.1. The van der Waals surface area contributed by atoms with Crippen LogP contribution in [-0.2, 0) is 8.86 Å². The Morgan fingerprint density at radius 3 is 1.07 bits per heavy atom. The molecule has 0 unspecified atom stereocenters. The minimum absolute atomic E-state index is 0.0574. The molecule has 0 fully saturated rings. The van der Waals surface area contributed by atoms with Crippen LogP contribution >= 0.6 is 67.8 Å². The predicted molar refractivity (Wildman–Crippen MR) is 201 cm³/mol. The van der Waals surface area contributed by atoms with Gasteiger partial charge in [-0.2, -0.15) is 0 Å². The second-order valence-corrected chi connectivity index (χ2v) is 10.5. The first-order chi connectivity index (χ1) is 19.6. The van der Waals surface area contributed by atoms with Crippen molar-refractivity contribution in [2.45, 2.75) is 22.7 Å². The Morgan fingerprint density at radius 2 is 0.875 bits per heavy atom. The van der Waals surface area contributed by atoms with Gasteiger partial charge in [0.05, 0.1) is 0 Å². The number of hydrogen-bond acceptors (Lipinski definition) is 0. The van der Waals surface area contributed by atoms with Crippen LogP contribution in [0.25, 0.3) is 0 Å². The van der Waals surface area contributed by atoms with Gasteiger partial charge >= 0.3 is 60.2 Å². The molecular formula is C36H37I4-. The summed E-state index contributed by atoms with van der Waals surface area (Å²) in [6, 6.07) is 41.4. The summed E-state index contributed by atoms with van der Waals surface area (Å²) in [6.07, 6.45) is 4.83. The van der Waals surface area contributed by atoms with Gasteiger partial charge in [-0.05, 0) is 29.9 Å². The molecule has 0 saturated heterocycles. The maximum atomic E-state index is 4.83. The van der Waals surface area contributed by atoms with Crippen LogP contribution in [0.3, 0.4) is 0 Å². The van der Waals surface area contributed by atoms with Gasteiger partial charge in [-0.3, -0.25) is 0 Å². The largest absolute Gasteiger partial charge is 0.0901 e. The third-order valence-electron chi connectivity index (χ3n) is 4.21. The first kappa shape index (κ1) is 40.6. The molecule has 4 heteroatoms. The average molecular weight is 977 g/mol. The van der Waals surface area contributed by atoms with E-state index >= 15 is 0 Å². The minimum Gasteiger partial charge on any atom is -0.0901 e. The molecule has 0 saturated carbocycles. The van der Waals surface area contributed by atoms with Crippen molar-refractivity contribution in [2.24, 2.45) is 0 Å². The summed E-state index contributed by atoms with van der Waals surface area (Å²) in [7, 11) is 0. The smallest absolute Gasteiger partial charge is 0.0247 e. The maximum absolute atomic E-state index is 4.83. The van der Waals surface area contributed by atoms with E-state index in [0.29, 0.717) is 0 Å². The molecule has 0 heterocycles. The summed E-state index contributed by atoms with van der Waals surface area (Å²) < 4.78 is 5.09. The zero-order valence-corrected chi connectivity index (χ0v) is 32.2. The Balaban J connectivity index is 0. The van der Waals surface area contributed by atoms with Crippen LogP contribution in [0.5, 0.6) is 0 Å². The Morgan fingerprint density at radius 1 is 0.550 bits per heavy atom. The fourth-order valence-electron chi connectivity index (χ4n) is 2.34. The maximum Gasteiger partial charge on any atom is 0.0247 e. The van der Waals surface area contributed by atoms with Crippen molar-refractivity contribution in [3.63, 3.8) is 0 Å². The molecule has 4 aromatic carbocycles. The van der Waals surface area contributed by atoms with E-state index in [9.17, 15) is 0 Å². The Kier molecular flexibility index (Phi) is 34.2. The molecule has 0 radical (unpaired) electrons. The molecule has 0 aliphatic rings. The first-order valence-corrected chi connectivity index (χ1v) is 20.6. The van der Waals surface area contributed by atoms with E-state index in [-0.39, 0.29) is 21.2 Å². The van der Waals surface area contributed by atoms with E-state index in [4.69, 9.17) is 6.42 Å². The number of alkyl halides is 4. The zero-order chi connectivity index (χ0) is 30.1. The van der Waals surface area contributed by atoms with Crippen molar-refractivity contribution in [3.8, 4) is 34.0 Å². The monoisotopic (exact) mass is 977 g/mol. The Labute approximate surface area is 295 Å². The molecule has 4 rings (SSSR count). The van der Waals surface area contributed by atoms with Gasteiger partial charge in [0.1, 0.15) is 0 Å². The molecule has 0 spiro atoms. The number of halogens is 4.